The van der Waals surface area contributed by atoms with Crippen molar-refractivity contribution in [3.63, 3.8) is 0 Å². The van der Waals surface area contributed by atoms with E-state index in [1.165, 1.54) is 4.68 Å². The summed E-state index contributed by atoms with van der Waals surface area (Å²) in [7, 11) is 1.69. The van der Waals surface area contributed by atoms with Gasteiger partial charge in [-0.25, -0.2) is 4.68 Å². The van der Waals surface area contributed by atoms with Gasteiger partial charge in [0.1, 0.15) is 0 Å². The van der Waals surface area contributed by atoms with Crippen molar-refractivity contribution in [3.05, 3.63) is 16.9 Å². The molecule has 0 radical (unpaired) electrons. The molecule has 0 atom stereocenters. The summed E-state index contributed by atoms with van der Waals surface area (Å²) in [6.45, 7) is 0. The van der Waals surface area contributed by atoms with Gasteiger partial charge >= 0.3 is 0 Å². The predicted molar refractivity (Wildman–Crippen MR) is 62.3 cm³/mol. The number of hydrogen-bond donors (Lipinski definition) is 1. The van der Waals surface area contributed by atoms with Crippen molar-refractivity contribution in [1.82, 2.24) is 30.0 Å². The molecule has 2 heterocycles. The van der Waals surface area contributed by atoms with Crippen LogP contribution in [0.1, 0.15) is 29.4 Å². The number of rotatable bonds is 3. The minimum atomic E-state index is -0.419. The highest BCUT2D eigenvalue weighted by Gasteiger charge is 2.29. The average molecular weight is 268 g/mol. The molecule has 1 saturated carbocycles. The van der Waals surface area contributed by atoms with Gasteiger partial charge in [0.15, 0.2) is 5.69 Å². The second-order valence-corrected chi connectivity index (χ2v) is 4.54. The van der Waals surface area contributed by atoms with Crippen LogP contribution in [0, 0.1) is 0 Å². The Labute approximate surface area is 107 Å². The van der Waals surface area contributed by atoms with Crippen LogP contribution >= 0.6 is 11.6 Å². The Kier molecular flexibility index (Phi) is 2.51. The van der Waals surface area contributed by atoms with E-state index in [2.05, 4.69) is 25.9 Å². The van der Waals surface area contributed by atoms with Gasteiger partial charge in [-0.2, -0.15) is 5.10 Å². The lowest BCUT2D eigenvalue weighted by atomic mass is 10.4. The van der Waals surface area contributed by atoms with E-state index in [-0.39, 0.29) is 11.7 Å². The van der Waals surface area contributed by atoms with Crippen LogP contribution in [0.15, 0.2) is 6.20 Å². The van der Waals surface area contributed by atoms with E-state index in [4.69, 9.17) is 11.6 Å². The van der Waals surface area contributed by atoms with Crippen LogP contribution in [0.3, 0.4) is 0 Å². The molecular weight excluding hydrogens is 258 g/mol. The quantitative estimate of drug-likeness (QED) is 0.882. The molecular formula is C9H10ClN7O. The van der Waals surface area contributed by atoms with Gasteiger partial charge in [-0.1, -0.05) is 16.7 Å². The van der Waals surface area contributed by atoms with Crippen LogP contribution in [0.4, 0.5) is 5.95 Å². The number of hydrogen-bond acceptors (Lipinski definition) is 5. The number of aryl methyl sites for hydroxylation is 1. The minimum Gasteiger partial charge on any atom is -0.288 e. The summed E-state index contributed by atoms with van der Waals surface area (Å²) in [6.07, 6.45) is 3.61. The standard InChI is InChI=1S/C9H10ClN7O/c1-16-4-6(10)7(13-16)8(18)11-9-12-14-15-17(9)5-2-3-5/h4-5H,2-3H2,1H3,(H,11,12,15,18). The van der Waals surface area contributed by atoms with Gasteiger partial charge in [-0.05, 0) is 23.3 Å². The number of tetrazole rings is 1. The van der Waals surface area contributed by atoms with E-state index >= 15 is 0 Å². The summed E-state index contributed by atoms with van der Waals surface area (Å²) < 4.78 is 3.08. The zero-order chi connectivity index (χ0) is 12.7. The highest BCUT2D eigenvalue weighted by atomic mass is 35.5. The maximum absolute atomic E-state index is 12.0. The molecule has 3 rings (SSSR count). The number of halogens is 1. The Morgan fingerprint density at radius 2 is 2.33 bits per heavy atom. The highest BCUT2D eigenvalue weighted by molar-refractivity contribution is 6.34. The summed E-state index contributed by atoms with van der Waals surface area (Å²) in [5.74, 6) is -0.0958. The predicted octanol–water partition coefficient (Wildman–Crippen LogP) is 0.647. The lowest BCUT2D eigenvalue weighted by Gasteiger charge is -2.03. The minimum absolute atomic E-state index is 0.157. The lowest BCUT2D eigenvalue weighted by molar-refractivity contribution is 0.102. The van der Waals surface area contributed by atoms with Gasteiger partial charge in [0.05, 0.1) is 11.1 Å². The Balaban J connectivity index is 1.81. The summed E-state index contributed by atoms with van der Waals surface area (Å²) in [6, 6.07) is 0.287. The molecule has 0 unspecified atom stereocenters. The first kappa shape index (κ1) is 11.1. The first-order valence-corrected chi connectivity index (χ1v) is 5.81. The zero-order valence-corrected chi connectivity index (χ0v) is 10.3. The van der Waals surface area contributed by atoms with Crippen LogP contribution in [0.2, 0.25) is 5.02 Å². The fourth-order valence-electron chi connectivity index (χ4n) is 1.62. The second kappa shape index (κ2) is 4.05. The molecule has 0 aliphatic heterocycles. The molecule has 0 saturated heterocycles. The Morgan fingerprint density at radius 1 is 1.56 bits per heavy atom. The zero-order valence-electron chi connectivity index (χ0n) is 9.54. The van der Waals surface area contributed by atoms with Crippen molar-refractivity contribution < 1.29 is 4.79 Å². The maximum atomic E-state index is 12.0. The van der Waals surface area contributed by atoms with Crippen molar-refractivity contribution in [1.29, 1.82) is 0 Å². The van der Waals surface area contributed by atoms with Crippen molar-refractivity contribution >= 4 is 23.5 Å². The van der Waals surface area contributed by atoms with Gasteiger partial charge in [0.2, 0.25) is 5.95 Å². The Morgan fingerprint density at radius 3 is 2.94 bits per heavy atom. The topological polar surface area (TPSA) is 90.5 Å². The molecule has 94 valence electrons. The van der Waals surface area contributed by atoms with Crippen molar-refractivity contribution in [2.24, 2.45) is 7.05 Å². The lowest BCUT2D eigenvalue weighted by Crippen LogP contribution is -2.17. The molecule has 8 nitrogen and oxygen atoms in total. The molecule has 0 spiro atoms. The monoisotopic (exact) mass is 267 g/mol. The first-order chi connectivity index (χ1) is 8.65. The number of nitrogens with one attached hydrogen (secondary N) is 1. The molecule has 1 N–H and O–H groups in total. The van der Waals surface area contributed by atoms with E-state index in [1.807, 2.05) is 0 Å². The van der Waals surface area contributed by atoms with Gasteiger partial charge in [0.25, 0.3) is 5.91 Å². The summed E-state index contributed by atoms with van der Waals surface area (Å²) in [5.41, 5.74) is 0.157. The number of carbonyl (C=O) groups excluding carboxylic acids is 1. The molecule has 1 aliphatic rings. The van der Waals surface area contributed by atoms with Crippen LogP contribution in [-0.4, -0.2) is 35.9 Å². The summed E-state index contributed by atoms with van der Waals surface area (Å²) in [4.78, 5) is 12.0. The van der Waals surface area contributed by atoms with Gasteiger partial charge in [0, 0.05) is 13.2 Å². The third kappa shape index (κ3) is 1.94. The molecule has 2 aromatic rings. The number of carbonyl (C=O) groups is 1. The third-order valence-electron chi connectivity index (χ3n) is 2.61. The molecule has 18 heavy (non-hydrogen) atoms. The second-order valence-electron chi connectivity index (χ2n) is 4.13. The Bertz CT molecular complexity index is 600. The van der Waals surface area contributed by atoms with E-state index in [0.29, 0.717) is 11.0 Å². The number of aromatic nitrogens is 6. The number of nitrogens with zero attached hydrogens (tertiary/aromatic N) is 6. The van der Waals surface area contributed by atoms with Gasteiger partial charge in [-0.3, -0.25) is 14.8 Å². The molecule has 0 aromatic carbocycles. The SMILES string of the molecule is Cn1cc(Cl)c(C(=O)Nc2nnnn2C2CC2)n1. The fourth-order valence-corrected chi connectivity index (χ4v) is 1.88. The molecule has 0 bridgehead atoms. The summed E-state index contributed by atoms with van der Waals surface area (Å²) >= 11 is 5.89. The van der Waals surface area contributed by atoms with E-state index in [0.717, 1.165) is 12.8 Å². The number of anilines is 1. The molecule has 1 amide bonds. The van der Waals surface area contributed by atoms with Crippen molar-refractivity contribution in [2.45, 2.75) is 18.9 Å². The average Bonchev–Trinajstić information content (AvgIpc) is 2.97. The fraction of sp³-hybridized carbons (Fsp3) is 0.444. The van der Waals surface area contributed by atoms with Crippen LogP contribution < -0.4 is 5.32 Å². The van der Waals surface area contributed by atoms with Gasteiger partial charge < -0.3 is 0 Å². The molecule has 1 aliphatic carbocycles. The third-order valence-corrected chi connectivity index (χ3v) is 2.89. The first-order valence-electron chi connectivity index (χ1n) is 5.43. The molecule has 9 heteroatoms. The normalized spacial score (nSPS) is 14.8. The van der Waals surface area contributed by atoms with E-state index < -0.39 is 5.91 Å². The molecule has 2 aromatic heterocycles. The summed E-state index contributed by atoms with van der Waals surface area (Å²) in [5, 5.41) is 18.0. The van der Waals surface area contributed by atoms with E-state index in [9.17, 15) is 4.79 Å². The van der Waals surface area contributed by atoms with E-state index in [1.54, 1.807) is 17.9 Å². The van der Waals surface area contributed by atoms with Crippen molar-refractivity contribution in [2.75, 3.05) is 5.32 Å². The number of amides is 1. The molecule has 1 fully saturated rings. The van der Waals surface area contributed by atoms with Gasteiger partial charge in [-0.15, -0.1) is 0 Å². The van der Waals surface area contributed by atoms with Crippen LogP contribution in [0.25, 0.3) is 0 Å². The highest BCUT2D eigenvalue weighted by Crippen LogP contribution is 2.35. The maximum Gasteiger partial charge on any atom is 0.280 e. The Hall–Kier alpha value is -1.96. The van der Waals surface area contributed by atoms with Crippen molar-refractivity contribution in [3.8, 4) is 0 Å². The van der Waals surface area contributed by atoms with Crippen LogP contribution in [0.5, 0.6) is 0 Å². The van der Waals surface area contributed by atoms with Crippen LogP contribution in [-0.2, 0) is 7.05 Å². The smallest absolute Gasteiger partial charge is 0.280 e. The largest absolute Gasteiger partial charge is 0.288 e.